The van der Waals surface area contributed by atoms with Gasteiger partial charge in [-0.1, -0.05) is 13.8 Å². The SMILES string of the molecule is CCOC1CC(NC(=O)C2CCN(C)C(=O)C2)(C(=O)O)C1(C)C. The van der Waals surface area contributed by atoms with Gasteiger partial charge in [-0.05, 0) is 13.3 Å². The number of hydrogen-bond acceptors (Lipinski definition) is 4. The topological polar surface area (TPSA) is 95.9 Å². The van der Waals surface area contributed by atoms with Crippen LogP contribution < -0.4 is 5.32 Å². The minimum absolute atomic E-state index is 0.0826. The van der Waals surface area contributed by atoms with E-state index in [-0.39, 0.29) is 30.8 Å². The molecule has 0 aromatic heterocycles. The van der Waals surface area contributed by atoms with Crippen LogP contribution in [0.2, 0.25) is 0 Å². The molecule has 3 unspecified atom stereocenters. The number of ether oxygens (including phenoxy) is 1. The standard InChI is InChI=1S/C16H26N2O5/c1-5-23-11-9-16(14(21)22,15(11,2)3)17-13(20)10-6-7-18(4)12(19)8-10/h10-11H,5-9H2,1-4H3,(H,17,20)(H,21,22). The third-order valence-electron chi connectivity index (χ3n) is 5.50. The molecule has 0 radical (unpaired) electrons. The molecule has 1 saturated heterocycles. The largest absolute Gasteiger partial charge is 0.479 e. The van der Waals surface area contributed by atoms with Crippen molar-refractivity contribution in [2.75, 3.05) is 20.2 Å². The van der Waals surface area contributed by atoms with Crippen LogP contribution >= 0.6 is 0 Å². The maximum Gasteiger partial charge on any atom is 0.330 e. The number of carboxylic acids is 1. The van der Waals surface area contributed by atoms with E-state index in [9.17, 15) is 19.5 Å². The van der Waals surface area contributed by atoms with Crippen molar-refractivity contribution in [3.05, 3.63) is 0 Å². The van der Waals surface area contributed by atoms with E-state index in [1.54, 1.807) is 25.8 Å². The van der Waals surface area contributed by atoms with Crippen molar-refractivity contribution >= 4 is 17.8 Å². The third kappa shape index (κ3) is 2.82. The second-order valence-corrected chi connectivity index (χ2v) is 7.07. The van der Waals surface area contributed by atoms with E-state index >= 15 is 0 Å². The number of carboxylic acid groups (broad SMARTS) is 1. The van der Waals surface area contributed by atoms with E-state index in [0.29, 0.717) is 19.6 Å². The van der Waals surface area contributed by atoms with Crippen molar-refractivity contribution < 1.29 is 24.2 Å². The first-order valence-corrected chi connectivity index (χ1v) is 8.06. The molecule has 0 aromatic rings. The van der Waals surface area contributed by atoms with E-state index in [0.717, 1.165) is 0 Å². The van der Waals surface area contributed by atoms with Crippen LogP contribution in [0, 0.1) is 11.3 Å². The minimum atomic E-state index is -1.34. The summed E-state index contributed by atoms with van der Waals surface area (Å²) >= 11 is 0. The van der Waals surface area contributed by atoms with Crippen molar-refractivity contribution in [3.8, 4) is 0 Å². The van der Waals surface area contributed by atoms with Gasteiger partial charge in [0.2, 0.25) is 11.8 Å². The van der Waals surface area contributed by atoms with Crippen molar-refractivity contribution in [1.82, 2.24) is 10.2 Å². The van der Waals surface area contributed by atoms with Crippen LogP contribution in [0.4, 0.5) is 0 Å². The van der Waals surface area contributed by atoms with Crippen molar-refractivity contribution in [2.45, 2.75) is 51.7 Å². The number of nitrogens with zero attached hydrogens (tertiary/aromatic N) is 1. The van der Waals surface area contributed by atoms with Crippen LogP contribution in [0.5, 0.6) is 0 Å². The number of amides is 2. The lowest BCUT2D eigenvalue weighted by molar-refractivity contribution is -0.195. The summed E-state index contributed by atoms with van der Waals surface area (Å²) in [6, 6.07) is 0. The Labute approximate surface area is 136 Å². The Morgan fingerprint density at radius 2 is 2.09 bits per heavy atom. The molecule has 7 heteroatoms. The highest BCUT2D eigenvalue weighted by molar-refractivity contribution is 5.92. The molecule has 2 N–H and O–H groups in total. The van der Waals surface area contributed by atoms with E-state index in [2.05, 4.69) is 5.32 Å². The second-order valence-electron chi connectivity index (χ2n) is 7.07. The van der Waals surface area contributed by atoms with Gasteiger partial charge >= 0.3 is 5.97 Å². The van der Waals surface area contributed by atoms with Gasteiger partial charge in [0.25, 0.3) is 0 Å². The van der Waals surface area contributed by atoms with Crippen molar-refractivity contribution in [3.63, 3.8) is 0 Å². The van der Waals surface area contributed by atoms with Gasteiger partial charge < -0.3 is 20.1 Å². The Kier molecular flexibility index (Phi) is 4.71. The van der Waals surface area contributed by atoms with Crippen LogP contribution in [0.1, 0.15) is 40.0 Å². The van der Waals surface area contributed by atoms with Gasteiger partial charge in [-0.25, -0.2) is 4.79 Å². The zero-order valence-corrected chi connectivity index (χ0v) is 14.2. The zero-order valence-electron chi connectivity index (χ0n) is 14.2. The van der Waals surface area contributed by atoms with E-state index in [1.807, 2.05) is 6.92 Å². The third-order valence-corrected chi connectivity index (χ3v) is 5.50. The van der Waals surface area contributed by atoms with Crippen LogP contribution in [0.25, 0.3) is 0 Å². The number of carbonyl (C=O) groups is 3. The van der Waals surface area contributed by atoms with Crippen LogP contribution in [-0.4, -0.2) is 59.6 Å². The molecule has 2 fully saturated rings. The quantitative estimate of drug-likeness (QED) is 0.772. The molecule has 2 aliphatic rings. The number of carbonyl (C=O) groups excluding carboxylic acids is 2. The molecule has 1 saturated carbocycles. The summed E-state index contributed by atoms with van der Waals surface area (Å²) in [5.74, 6) is -1.94. The monoisotopic (exact) mass is 326 g/mol. The lowest BCUT2D eigenvalue weighted by Gasteiger charge is -2.58. The summed E-state index contributed by atoms with van der Waals surface area (Å²) < 4.78 is 5.58. The second kappa shape index (κ2) is 6.11. The summed E-state index contributed by atoms with van der Waals surface area (Å²) in [5, 5.41) is 12.4. The fraction of sp³-hybridized carbons (Fsp3) is 0.812. The highest BCUT2D eigenvalue weighted by atomic mass is 16.5. The molecule has 2 rings (SSSR count). The minimum Gasteiger partial charge on any atom is -0.479 e. The normalized spacial score (nSPS) is 33.0. The van der Waals surface area contributed by atoms with Gasteiger partial charge in [-0.3, -0.25) is 9.59 Å². The summed E-state index contributed by atoms with van der Waals surface area (Å²) in [7, 11) is 1.71. The summed E-state index contributed by atoms with van der Waals surface area (Å²) in [6.45, 7) is 6.47. The van der Waals surface area contributed by atoms with Gasteiger partial charge in [0, 0.05) is 44.4 Å². The molecule has 0 aromatic carbocycles. The van der Waals surface area contributed by atoms with Crippen molar-refractivity contribution in [2.24, 2.45) is 11.3 Å². The maximum atomic E-state index is 12.5. The number of aliphatic carboxylic acids is 1. The summed E-state index contributed by atoms with van der Waals surface area (Å²) in [6.07, 6.45) is 0.727. The molecule has 0 bridgehead atoms. The van der Waals surface area contributed by atoms with Gasteiger partial charge in [0.05, 0.1) is 6.10 Å². The first-order chi connectivity index (χ1) is 10.7. The Balaban J connectivity index is 2.11. The fourth-order valence-corrected chi connectivity index (χ4v) is 3.52. The Hall–Kier alpha value is -1.63. The van der Waals surface area contributed by atoms with Gasteiger partial charge in [0.1, 0.15) is 5.54 Å². The molecular weight excluding hydrogens is 300 g/mol. The fourth-order valence-electron chi connectivity index (χ4n) is 3.52. The Bertz CT molecular complexity index is 519. The number of rotatable bonds is 5. The molecule has 0 spiro atoms. The number of nitrogens with one attached hydrogen (secondary N) is 1. The first kappa shape index (κ1) is 17.7. The molecule has 7 nitrogen and oxygen atoms in total. The Morgan fingerprint density at radius 3 is 2.57 bits per heavy atom. The summed E-state index contributed by atoms with van der Waals surface area (Å²) in [4.78, 5) is 37.7. The maximum absolute atomic E-state index is 12.5. The highest BCUT2D eigenvalue weighted by Crippen LogP contribution is 2.51. The van der Waals surface area contributed by atoms with Crippen LogP contribution in [0.15, 0.2) is 0 Å². The Morgan fingerprint density at radius 1 is 1.43 bits per heavy atom. The number of hydrogen-bond donors (Lipinski definition) is 2. The van der Waals surface area contributed by atoms with Gasteiger partial charge in [-0.2, -0.15) is 0 Å². The molecule has 3 atom stereocenters. The van der Waals surface area contributed by atoms with E-state index < -0.39 is 22.8 Å². The predicted octanol–water partition coefficient (Wildman–Crippen LogP) is 0.629. The molecule has 1 heterocycles. The lowest BCUT2D eigenvalue weighted by atomic mass is 9.54. The van der Waals surface area contributed by atoms with E-state index in [4.69, 9.17) is 4.74 Å². The van der Waals surface area contributed by atoms with Crippen molar-refractivity contribution in [1.29, 1.82) is 0 Å². The molecule has 1 aliphatic heterocycles. The van der Waals surface area contributed by atoms with Gasteiger partial charge in [-0.15, -0.1) is 0 Å². The predicted molar refractivity (Wildman–Crippen MR) is 82.7 cm³/mol. The first-order valence-electron chi connectivity index (χ1n) is 8.06. The lowest BCUT2D eigenvalue weighted by Crippen LogP contribution is -2.76. The molecule has 1 aliphatic carbocycles. The zero-order chi connectivity index (χ0) is 17.4. The van der Waals surface area contributed by atoms with Crippen LogP contribution in [0.3, 0.4) is 0 Å². The van der Waals surface area contributed by atoms with Gasteiger partial charge in [0.15, 0.2) is 0 Å². The molecule has 2 amide bonds. The molecular formula is C16H26N2O5. The average Bonchev–Trinajstić information content (AvgIpc) is 2.48. The number of piperidine rings is 1. The smallest absolute Gasteiger partial charge is 0.330 e. The average molecular weight is 326 g/mol. The van der Waals surface area contributed by atoms with E-state index in [1.165, 1.54) is 0 Å². The molecule has 130 valence electrons. The highest BCUT2D eigenvalue weighted by Gasteiger charge is 2.66. The van der Waals surface area contributed by atoms with Crippen LogP contribution in [-0.2, 0) is 19.1 Å². The summed E-state index contributed by atoms with van der Waals surface area (Å²) in [5.41, 5.74) is -2.05. The molecule has 23 heavy (non-hydrogen) atoms. The number of likely N-dealkylation sites (tertiary alicyclic amines) is 1.